The van der Waals surface area contributed by atoms with Crippen LogP contribution in [0, 0.1) is 0 Å². The van der Waals surface area contributed by atoms with Gasteiger partial charge in [-0.05, 0) is 49.4 Å². The van der Waals surface area contributed by atoms with Crippen molar-refractivity contribution in [3.8, 4) is 0 Å². The molecule has 2 heterocycles. The van der Waals surface area contributed by atoms with E-state index >= 15 is 0 Å². The quantitative estimate of drug-likeness (QED) is 0.664. The summed E-state index contributed by atoms with van der Waals surface area (Å²) in [4.78, 5) is 0. The zero-order chi connectivity index (χ0) is 15.3. The van der Waals surface area contributed by atoms with Crippen LogP contribution < -0.4 is 5.32 Å². The molecule has 2 aromatic carbocycles. The van der Waals surface area contributed by atoms with E-state index in [0.29, 0.717) is 16.6 Å². The molecule has 0 spiro atoms. The van der Waals surface area contributed by atoms with Crippen LogP contribution in [-0.4, -0.2) is 28.9 Å². The van der Waals surface area contributed by atoms with Gasteiger partial charge in [0, 0.05) is 38.4 Å². The highest BCUT2D eigenvalue weighted by molar-refractivity contribution is 6.33. The van der Waals surface area contributed by atoms with Gasteiger partial charge in [-0.2, -0.15) is 0 Å². The van der Waals surface area contributed by atoms with E-state index in [1.165, 1.54) is 0 Å². The van der Waals surface area contributed by atoms with Gasteiger partial charge in [-0.3, -0.25) is 0 Å². The van der Waals surface area contributed by atoms with E-state index in [0.717, 1.165) is 34.8 Å². The SMILES string of the molecule is Cl.O[C@@H]1CNCC[C@H]1n1c2ccc(Cl)cc2c2cc(Cl)ccc21. The number of aliphatic hydroxyl groups excluding tert-OH is 1. The standard InChI is InChI=1S/C17H16Cl2N2O.ClH/c18-10-1-3-14-12(7-10)13-8-11(19)2-4-15(13)21(14)16-5-6-20-9-17(16)22;/h1-4,7-8,16-17,20,22H,5-6,9H2;1H/t16-,17-;/m1./s1. The number of rotatable bonds is 1. The summed E-state index contributed by atoms with van der Waals surface area (Å²) in [5.74, 6) is 0. The van der Waals surface area contributed by atoms with Crippen molar-refractivity contribution in [1.29, 1.82) is 0 Å². The molecule has 23 heavy (non-hydrogen) atoms. The summed E-state index contributed by atoms with van der Waals surface area (Å²) in [6.45, 7) is 1.52. The number of nitrogens with one attached hydrogen (secondary N) is 1. The minimum Gasteiger partial charge on any atom is -0.390 e. The number of nitrogens with zero attached hydrogens (tertiary/aromatic N) is 1. The molecule has 0 saturated carbocycles. The van der Waals surface area contributed by atoms with Crippen LogP contribution >= 0.6 is 35.6 Å². The number of fused-ring (bicyclic) bond motifs is 3. The van der Waals surface area contributed by atoms with Gasteiger partial charge < -0.3 is 15.0 Å². The van der Waals surface area contributed by atoms with E-state index in [4.69, 9.17) is 23.2 Å². The predicted octanol–water partition coefficient (Wildman–Crippen LogP) is 4.42. The van der Waals surface area contributed by atoms with Gasteiger partial charge in [0.25, 0.3) is 0 Å². The largest absolute Gasteiger partial charge is 0.390 e. The van der Waals surface area contributed by atoms with Crippen LogP contribution in [0.3, 0.4) is 0 Å². The Morgan fingerprint density at radius 1 is 1.00 bits per heavy atom. The molecule has 3 aromatic rings. The lowest BCUT2D eigenvalue weighted by Gasteiger charge is -2.31. The number of benzene rings is 2. The number of hydrogen-bond donors (Lipinski definition) is 2. The van der Waals surface area contributed by atoms with Gasteiger partial charge in [0.2, 0.25) is 0 Å². The molecule has 2 atom stereocenters. The number of piperidine rings is 1. The summed E-state index contributed by atoms with van der Waals surface area (Å²) in [6, 6.07) is 11.9. The van der Waals surface area contributed by atoms with Crippen molar-refractivity contribution in [1.82, 2.24) is 9.88 Å². The molecule has 4 rings (SSSR count). The Bertz CT molecular complexity index is 803. The molecule has 1 aromatic heterocycles. The van der Waals surface area contributed by atoms with Crippen LogP contribution in [0.15, 0.2) is 36.4 Å². The maximum atomic E-state index is 10.4. The average Bonchev–Trinajstić information content (AvgIpc) is 2.81. The smallest absolute Gasteiger partial charge is 0.0872 e. The van der Waals surface area contributed by atoms with Crippen LogP contribution in [0.5, 0.6) is 0 Å². The number of aromatic nitrogens is 1. The van der Waals surface area contributed by atoms with Crippen molar-refractivity contribution in [3.63, 3.8) is 0 Å². The molecule has 6 heteroatoms. The van der Waals surface area contributed by atoms with Gasteiger partial charge in [-0.15, -0.1) is 12.4 Å². The number of β-amino-alcohol motifs (C(OH)–C–C–N with tert-alkyl or cyclic N) is 1. The fraction of sp³-hybridized carbons (Fsp3) is 0.294. The van der Waals surface area contributed by atoms with Crippen LogP contribution in [-0.2, 0) is 0 Å². The molecule has 0 unspecified atom stereocenters. The number of halogens is 3. The molecular weight excluding hydrogens is 355 g/mol. The second kappa shape index (κ2) is 6.50. The molecule has 122 valence electrons. The van der Waals surface area contributed by atoms with Crippen LogP contribution in [0.2, 0.25) is 10.0 Å². The van der Waals surface area contributed by atoms with Crippen molar-refractivity contribution in [2.75, 3.05) is 13.1 Å². The minimum atomic E-state index is -0.404. The summed E-state index contributed by atoms with van der Waals surface area (Å²) in [5.41, 5.74) is 2.18. The number of aliphatic hydroxyl groups is 1. The Kier molecular flexibility index (Phi) is 4.77. The topological polar surface area (TPSA) is 37.2 Å². The summed E-state index contributed by atoms with van der Waals surface area (Å²) in [5, 5.41) is 17.2. The van der Waals surface area contributed by atoms with Gasteiger partial charge in [0.1, 0.15) is 0 Å². The van der Waals surface area contributed by atoms with E-state index in [1.54, 1.807) is 0 Å². The molecule has 0 aliphatic carbocycles. The Morgan fingerprint density at radius 3 is 2.09 bits per heavy atom. The fourth-order valence-electron chi connectivity index (χ4n) is 3.48. The third-order valence-corrected chi connectivity index (χ3v) is 4.94. The average molecular weight is 372 g/mol. The fourth-order valence-corrected chi connectivity index (χ4v) is 3.83. The van der Waals surface area contributed by atoms with E-state index < -0.39 is 6.10 Å². The maximum Gasteiger partial charge on any atom is 0.0872 e. The first-order valence-electron chi connectivity index (χ1n) is 7.42. The van der Waals surface area contributed by atoms with Crippen LogP contribution in [0.25, 0.3) is 21.8 Å². The molecule has 1 fully saturated rings. The van der Waals surface area contributed by atoms with Gasteiger partial charge in [-0.25, -0.2) is 0 Å². The van der Waals surface area contributed by atoms with Crippen molar-refractivity contribution in [2.45, 2.75) is 18.6 Å². The molecule has 1 aliphatic heterocycles. The second-order valence-electron chi connectivity index (χ2n) is 5.82. The van der Waals surface area contributed by atoms with Gasteiger partial charge in [0.05, 0.1) is 12.1 Å². The monoisotopic (exact) mass is 370 g/mol. The summed E-state index contributed by atoms with van der Waals surface area (Å²) >= 11 is 12.4. The van der Waals surface area contributed by atoms with Gasteiger partial charge in [-0.1, -0.05) is 23.2 Å². The first-order chi connectivity index (χ1) is 10.6. The van der Waals surface area contributed by atoms with Gasteiger partial charge >= 0.3 is 0 Å². The molecule has 0 amide bonds. The molecule has 1 saturated heterocycles. The Labute approximate surface area is 150 Å². The molecule has 0 radical (unpaired) electrons. The predicted molar refractivity (Wildman–Crippen MR) is 99.2 cm³/mol. The van der Waals surface area contributed by atoms with Crippen LogP contribution in [0.1, 0.15) is 12.5 Å². The van der Waals surface area contributed by atoms with Crippen molar-refractivity contribution >= 4 is 57.4 Å². The first kappa shape index (κ1) is 16.9. The highest BCUT2D eigenvalue weighted by atomic mass is 35.5. The van der Waals surface area contributed by atoms with E-state index in [1.807, 2.05) is 36.4 Å². The molecular formula is C17H17Cl3N2O. The maximum absolute atomic E-state index is 10.4. The molecule has 1 aliphatic rings. The van der Waals surface area contributed by atoms with Crippen molar-refractivity contribution in [3.05, 3.63) is 46.4 Å². The Morgan fingerprint density at radius 2 is 1.57 bits per heavy atom. The van der Waals surface area contributed by atoms with Crippen LogP contribution in [0.4, 0.5) is 0 Å². The first-order valence-corrected chi connectivity index (χ1v) is 8.18. The highest BCUT2D eigenvalue weighted by Crippen LogP contribution is 2.37. The van der Waals surface area contributed by atoms with Crippen molar-refractivity contribution < 1.29 is 5.11 Å². The lowest BCUT2D eigenvalue weighted by Crippen LogP contribution is -2.41. The third kappa shape index (κ3) is 2.81. The Balaban J connectivity index is 0.00000156. The summed E-state index contributed by atoms with van der Waals surface area (Å²) in [7, 11) is 0. The van der Waals surface area contributed by atoms with Gasteiger partial charge in [0.15, 0.2) is 0 Å². The Hall–Kier alpha value is -0.970. The lowest BCUT2D eigenvalue weighted by atomic mass is 10.0. The minimum absolute atomic E-state index is 0. The third-order valence-electron chi connectivity index (χ3n) is 4.47. The zero-order valence-corrected chi connectivity index (χ0v) is 14.6. The lowest BCUT2D eigenvalue weighted by molar-refractivity contribution is 0.0913. The summed E-state index contributed by atoms with van der Waals surface area (Å²) < 4.78 is 2.24. The molecule has 3 nitrogen and oxygen atoms in total. The highest BCUT2D eigenvalue weighted by Gasteiger charge is 2.27. The zero-order valence-electron chi connectivity index (χ0n) is 12.3. The number of hydrogen-bond acceptors (Lipinski definition) is 2. The second-order valence-corrected chi connectivity index (χ2v) is 6.69. The van der Waals surface area contributed by atoms with E-state index in [-0.39, 0.29) is 18.4 Å². The normalized spacial score (nSPS) is 21.5. The van der Waals surface area contributed by atoms with Crippen molar-refractivity contribution in [2.24, 2.45) is 0 Å². The van der Waals surface area contributed by atoms with E-state index in [2.05, 4.69) is 9.88 Å². The summed E-state index contributed by atoms with van der Waals surface area (Å²) in [6.07, 6.45) is 0.490. The van der Waals surface area contributed by atoms with E-state index in [9.17, 15) is 5.11 Å². The molecule has 2 N–H and O–H groups in total. The molecule has 0 bridgehead atoms.